The van der Waals surface area contributed by atoms with Gasteiger partial charge in [-0.1, -0.05) is 12.1 Å². The second-order valence-corrected chi connectivity index (χ2v) is 4.63. The number of nitrogens with one attached hydrogen (secondary N) is 2. The van der Waals surface area contributed by atoms with Crippen molar-refractivity contribution in [2.45, 2.75) is 19.0 Å². The Kier molecular flexibility index (Phi) is 3.80. The van der Waals surface area contributed by atoms with E-state index in [1.165, 1.54) is 17.7 Å². The fraction of sp³-hybridized carbons (Fsp3) is 0.538. The van der Waals surface area contributed by atoms with E-state index in [1.807, 2.05) is 0 Å². The van der Waals surface area contributed by atoms with Crippen molar-refractivity contribution in [2.24, 2.45) is 0 Å². The average molecular weight is 219 g/mol. The van der Waals surface area contributed by atoms with Crippen molar-refractivity contribution in [2.75, 3.05) is 32.1 Å². The Balaban J connectivity index is 1.90. The summed E-state index contributed by atoms with van der Waals surface area (Å²) in [5, 5.41) is 6.95. The third kappa shape index (κ3) is 2.97. The predicted octanol–water partition coefficient (Wildman–Crippen LogP) is 1.20. The minimum absolute atomic E-state index is 0.642. The lowest BCUT2D eigenvalue weighted by Gasteiger charge is -2.15. The van der Waals surface area contributed by atoms with Gasteiger partial charge in [0.25, 0.3) is 0 Å². The molecular weight excluding hydrogens is 198 g/mol. The van der Waals surface area contributed by atoms with Crippen LogP contribution in [-0.4, -0.2) is 33.2 Å². The van der Waals surface area contributed by atoms with Crippen LogP contribution in [0.1, 0.15) is 12.0 Å². The van der Waals surface area contributed by atoms with Gasteiger partial charge in [-0.25, -0.2) is 0 Å². The van der Waals surface area contributed by atoms with Gasteiger partial charge in [-0.3, -0.25) is 0 Å². The number of anilines is 1. The SMILES string of the molecule is CN(C)c1cccc(CNC2CCNC2)c1. The smallest absolute Gasteiger partial charge is 0.0364 e. The first-order valence-corrected chi connectivity index (χ1v) is 5.96. The molecule has 1 unspecified atom stereocenters. The summed E-state index contributed by atoms with van der Waals surface area (Å²) in [6.07, 6.45) is 1.24. The van der Waals surface area contributed by atoms with Gasteiger partial charge in [0.05, 0.1) is 0 Å². The Morgan fingerprint density at radius 2 is 2.31 bits per heavy atom. The van der Waals surface area contributed by atoms with Crippen molar-refractivity contribution < 1.29 is 0 Å². The molecule has 0 saturated carbocycles. The Labute approximate surface area is 97.8 Å². The molecule has 1 aromatic rings. The van der Waals surface area contributed by atoms with Crippen LogP contribution in [0, 0.1) is 0 Å². The summed E-state index contributed by atoms with van der Waals surface area (Å²) in [5.74, 6) is 0. The van der Waals surface area contributed by atoms with Gasteiger partial charge in [0.1, 0.15) is 0 Å². The van der Waals surface area contributed by atoms with Crippen LogP contribution in [0.5, 0.6) is 0 Å². The van der Waals surface area contributed by atoms with Crippen molar-refractivity contribution in [3.8, 4) is 0 Å². The van der Waals surface area contributed by atoms with Gasteiger partial charge in [-0.2, -0.15) is 0 Å². The van der Waals surface area contributed by atoms with E-state index in [0.29, 0.717) is 6.04 Å². The van der Waals surface area contributed by atoms with E-state index in [-0.39, 0.29) is 0 Å². The van der Waals surface area contributed by atoms with Gasteiger partial charge in [0.2, 0.25) is 0 Å². The molecule has 2 rings (SSSR count). The monoisotopic (exact) mass is 219 g/mol. The number of nitrogens with zero attached hydrogens (tertiary/aromatic N) is 1. The zero-order valence-corrected chi connectivity index (χ0v) is 10.2. The van der Waals surface area contributed by atoms with Crippen molar-refractivity contribution >= 4 is 5.69 Å². The molecule has 3 heteroatoms. The van der Waals surface area contributed by atoms with E-state index in [0.717, 1.165) is 19.6 Å². The van der Waals surface area contributed by atoms with Crippen LogP contribution in [0.3, 0.4) is 0 Å². The molecule has 1 aromatic carbocycles. The number of benzene rings is 1. The van der Waals surface area contributed by atoms with E-state index >= 15 is 0 Å². The number of rotatable bonds is 4. The topological polar surface area (TPSA) is 27.3 Å². The highest BCUT2D eigenvalue weighted by Crippen LogP contribution is 2.13. The lowest BCUT2D eigenvalue weighted by molar-refractivity contribution is 0.547. The molecule has 1 saturated heterocycles. The molecule has 0 amide bonds. The van der Waals surface area contributed by atoms with Gasteiger partial charge in [0, 0.05) is 38.9 Å². The molecule has 0 radical (unpaired) electrons. The van der Waals surface area contributed by atoms with Gasteiger partial charge >= 0.3 is 0 Å². The fourth-order valence-corrected chi connectivity index (χ4v) is 2.04. The molecule has 0 aromatic heterocycles. The minimum atomic E-state index is 0.642. The molecule has 3 nitrogen and oxygen atoms in total. The van der Waals surface area contributed by atoms with Crippen LogP contribution in [0.2, 0.25) is 0 Å². The molecule has 0 aliphatic carbocycles. The third-order valence-electron chi connectivity index (χ3n) is 3.08. The standard InChI is InChI=1S/C13H21N3/c1-16(2)13-5-3-4-11(8-13)9-15-12-6-7-14-10-12/h3-5,8,12,14-15H,6-7,9-10H2,1-2H3. The van der Waals surface area contributed by atoms with E-state index in [1.54, 1.807) is 0 Å². The van der Waals surface area contributed by atoms with Crippen molar-refractivity contribution in [3.05, 3.63) is 29.8 Å². The molecule has 1 heterocycles. The maximum atomic E-state index is 3.58. The third-order valence-corrected chi connectivity index (χ3v) is 3.08. The average Bonchev–Trinajstić information content (AvgIpc) is 2.79. The number of hydrogen-bond acceptors (Lipinski definition) is 3. The molecule has 16 heavy (non-hydrogen) atoms. The predicted molar refractivity (Wildman–Crippen MR) is 68.9 cm³/mol. The summed E-state index contributed by atoms with van der Waals surface area (Å²) in [6.45, 7) is 3.22. The van der Waals surface area contributed by atoms with Gasteiger partial charge in [0.15, 0.2) is 0 Å². The summed E-state index contributed by atoms with van der Waals surface area (Å²) >= 11 is 0. The van der Waals surface area contributed by atoms with E-state index in [2.05, 4.69) is 53.9 Å². The fourth-order valence-electron chi connectivity index (χ4n) is 2.04. The molecule has 88 valence electrons. The maximum Gasteiger partial charge on any atom is 0.0364 e. The second kappa shape index (κ2) is 5.32. The summed E-state index contributed by atoms with van der Waals surface area (Å²) in [4.78, 5) is 2.14. The second-order valence-electron chi connectivity index (χ2n) is 4.63. The lowest BCUT2D eigenvalue weighted by atomic mass is 10.1. The van der Waals surface area contributed by atoms with E-state index < -0.39 is 0 Å². The number of hydrogen-bond donors (Lipinski definition) is 2. The van der Waals surface area contributed by atoms with E-state index in [4.69, 9.17) is 0 Å². The van der Waals surface area contributed by atoms with Crippen LogP contribution >= 0.6 is 0 Å². The molecule has 1 aliphatic rings. The highest BCUT2D eigenvalue weighted by Gasteiger charge is 2.12. The lowest BCUT2D eigenvalue weighted by Crippen LogP contribution is -2.30. The molecule has 0 spiro atoms. The summed E-state index contributed by atoms with van der Waals surface area (Å²) < 4.78 is 0. The molecule has 1 fully saturated rings. The van der Waals surface area contributed by atoms with Gasteiger partial charge in [-0.05, 0) is 30.7 Å². The van der Waals surface area contributed by atoms with Crippen LogP contribution in [-0.2, 0) is 6.54 Å². The summed E-state index contributed by atoms with van der Waals surface area (Å²) in [7, 11) is 4.15. The zero-order chi connectivity index (χ0) is 11.4. The van der Waals surface area contributed by atoms with Crippen LogP contribution in [0.25, 0.3) is 0 Å². The first-order chi connectivity index (χ1) is 7.75. The van der Waals surface area contributed by atoms with Crippen LogP contribution in [0.15, 0.2) is 24.3 Å². The quantitative estimate of drug-likeness (QED) is 0.797. The molecule has 1 aliphatic heterocycles. The Bertz CT molecular complexity index is 330. The molecule has 2 N–H and O–H groups in total. The minimum Gasteiger partial charge on any atom is -0.378 e. The molecule has 1 atom stereocenters. The first kappa shape index (κ1) is 11.4. The highest BCUT2D eigenvalue weighted by molar-refractivity contribution is 5.47. The van der Waals surface area contributed by atoms with Gasteiger partial charge < -0.3 is 15.5 Å². The Morgan fingerprint density at radius 1 is 1.44 bits per heavy atom. The van der Waals surface area contributed by atoms with Crippen LogP contribution < -0.4 is 15.5 Å². The summed E-state index contributed by atoms with van der Waals surface area (Å²) in [5.41, 5.74) is 2.63. The van der Waals surface area contributed by atoms with Gasteiger partial charge in [-0.15, -0.1) is 0 Å². The van der Waals surface area contributed by atoms with E-state index in [9.17, 15) is 0 Å². The zero-order valence-electron chi connectivity index (χ0n) is 10.2. The maximum absolute atomic E-state index is 3.58. The first-order valence-electron chi connectivity index (χ1n) is 5.96. The Hall–Kier alpha value is -1.06. The normalized spacial score (nSPS) is 20.0. The van der Waals surface area contributed by atoms with Crippen molar-refractivity contribution in [3.63, 3.8) is 0 Å². The van der Waals surface area contributed by atoms with Crippen molar-refractivity contribution in [1.82, 2.24) is 10.6 Å². The Morgan fingerprint density at radius 3 is 3.00 bits per heavy atom. The van der Waals surface area contributed by atoms with Crippen molar-refractivity contribution in [1.29, 1.82) is 0 Å². The highest BCUT2D eigenvalue weighted by atomic mass is 15.1. The van der Waals surface area contributed by atoms with Crippen LogP contribution in [0.4, 0.5) is 5.69 Å². The summed E-state index contributed by atoms with van der Waals surface area (Å²) in [6, 6.07) is 9.33. The molecule has 0 bridgehead atoms. The molecular formula is C13H21N3. The largest absolute Gasteiger partial charge is 0.378 e.